The van der Waals surface area contributed by atoms with Crippen molar-refractivity contribution in [2.24, 2.45) is 10.9 Å². The van der Waals surface area contributed by atoms with E-state index in [-0.39, 0.29) is 72.6 Å². The molecule has 2 amide bonds. The zero-order valence-corrected chi connectivity index (χ0v) is 56.9. The number of carbonyl (C=O) groups excluding carboxylic acids is 6. The van der Waals surface area contributed by atoms with E-state index in [0.29, 0.717) is 102 Å². The van der Waals surface area contributed by atoms with Gasteiger partial charge in [-0.25, -0.2) is 22.8 Å². The van der Waals surface area contributed by atoms with Crippen LogP contribution in [0.4, 0.5) is 22.8 Å². The minimum atomic E-state index is -0.560. The van der Waals surface area contributed by atoms with Gasteiger partial charge in [0.25, 0.3) is 0 Å². The molecular formula is C79H92F3N3O11. The number of aryl methyl sites for hydroxylation is 1. The molecule has 7 aromatic rings. The third-order valence-electron chi connectivity index (χ3n) is 15.4. The molecule has 1 heterocycles. The summed E-state index contributed by atoms with van der Waals surface area (Å²) in [5.41, 5.74) is 5.80. The molecule has 2 aliphatic rings. The summed E-state index contributed by atoms with van der Waals surface area (Å²) in [5, 5.41) is 5.46. The number of ether oxygens (including phenoxy) is 5. The van der Waals surface area contributed by atoms with Crippen LogP contribution in [0.2, 0.25) is 0 Å². The number of ketones is 4. The van der Waals surface area contributed by atoms with E-state index < -0.39 is 23.4 Å². The minimum absolute atomic E-state index is 0.0245. The van der Waals surface area contributed by atoms with Crippen molar-refractivity contribution in [3.05, 3.63) is 232 Å². The first-order valence-corrected chi connectivity index (χ1v) is 32.8. The highest BCUT2D eigenvalue weighted by molar-refractivity contribution is 6.02. The first-order chi connectivity index (χ1) is 45.7. The molecule has 7 aromatic carbocycles. The van der Waals surface area contributed by atoms with Crippen molar-refractivity contribution < 1.29 is 65.6 Å². The van der Waals surface area contributed by atoms with Crippen LogP contribution < -0.4 is 24.8 Å². The lowest BCUT2D eigenvalue weighted by Crippen LogP contribution is -2.37. The van der Waals surface area contributed by atoms with Crippen LogP contribution in [0, 0.1) is 30.3 Å². The fraction of sp³-hybridized carbons (Fsp3) is 0.380. The number of Topliss-reactive ketones (excluding diaryl/α,β-unsaturated/α-hetero) is 4. The Labute approximate surface area is 563 Å². The van der Waals surface area contributed by atoms with E-state index in [9.17, 15) is 41.9 Å². The Bertz CT molecular complexity index is 3670. The van der Waals surface area contributed by atoms with E-state index in [1.54, 1.807) is 118 Å². The number of nitrogens with one attached hydrogen (secondary N) is 2. The third kappa shape index (κ3) is 27.5. The molecule has 0 aromatic heterocycles. The van der Waals surface area contributed by atoms with Crippen LogP contribution in [0.5, 0.6) is 17.2 Å². The predicted molar refractivity (Wildman–Crippen MR) is 369 cm³/mol. The van der Waals surface area contributed by atoms with Gasteiger partial charge in [0, 0.05) is 88.8 Å². The maximum atomic E-state index is 13.6. The Kier molecular flexibility index (Phi) is 29.7. The maximum absolute atomic E-state index is 13.6. The summed E-state index contributed by atoms with van der Waals surface area (Å²) in [6.07, 6.45) is 6.58. The van der Waals surface area contributed by atoms with Crippen LogP contribution in [0.3, 0.4) is 0 Å². The van der Waals surface area contributed by atoms with Crippen molar-refractivity contribution in [1.82, 2.24) is 10.6 Å². The fourth-order valence-corrected chi connectivity index (χ4v) is 10.0. The first-order valence-electron chi connectivity index (χ1n) is 32.8. The van der Waals surface area contributed by atoms with E-state index in [1.165, 1.54) is 23.9 Å². The second-order valence-corrected chi connectivity index (χ2v) is 26.1. The van der Waals surface area contributed by atoms with E-state index in [0.717, 1.165) is 42.6 Å². The lowest BCUT2D eigenvalue weighted by atomic mass is 9.97. The molecule has 1 aliphatic heterocycles. The predicted octanol–water partition coefficient (Wildman–Crippen LogP) is 18.3. The third-order valence-corrected chi connectivity index (χ3v) is 15.4. The fourth-order valence-electron chi connectivity index (χ4n) is 10.0. The average molecular weight is 1320 g/mol. The molecule has 17 heteroatoms. The summed E-state index contributed by atoms with van der Waals surface area (Å²) in [5.74, 6) is 1.52. The van der Waals surface area contributed by atoms with Gasteiger partial charge in [0.2, 0.25) is 0 Å². The number of amides is 2. The molecule has 1 aliphatic carbocycles. The monoisotopic (exact) mass is 1320 g/mol. The number of carbonyl (C=O) groups is 6. The summed E-state index contributed by atoms with van der Waals surface area (Å²) < 4.78 is 67.8. The van der Waals surface area contributed by atoms with Gasteiger partial charge < -0.3 is 34.3 Å². The molecule has 510 valence electrons. The van der Waals surface area contributed by atoms with Gasteiger partial charge in [0.15, 0.2) is 17.3 Å². The molecule has 14 nitrogen and oxygen atoms in total. The van der Waals surface area contributed by atoms with Crippen LogP contribution in [0.25, 0.3) is 0 Å². The van der Waals surface area contributed by atoms with Gasteiger partial charge >= 0.3 is 12.2 Å². The highest BCUT2D eigenvalue weighted by Gasteiger charge is 2.25. The minimum Gasteiger partial charge on any atom is -0.489 e. The summed E-state index contributed by atoms with van der Waals surface area (Å²) >= 11 is 0. The highest BCUT2D eigenvalue weighted by atomic mass is 19.1. The largest absolute Gasteiger partial charge is 0.489 e. The molecule has 4 atom stereocenters. The van der Waals surface area contributed by atoms with Gasteiger partial charge in [-0.1, -0.05) is 84.4 Å². The molecule has 9 rings (SSSR count). The maximum Gasteiger partial charge on any atom is 0.407 e. The number of rotatable bonds is 24. The quantitative estimate of drug-likeness (QED) is 0.0549. The Morgan fingerprint density at radius 3 is 1.21 bits per heavy atom. The topological polar surface area (TPSA) is 185 Å². The molecule has 0 bridgehead atoms. The van der Waals surface area contributed by atoms with Crippen LogP contribution in [0.15, 0.2) is 175 Å². The number of hydrogen-bond acceptors (Lipinski definition) is 12. The Morgan fingerprint density at radius 2 is 0.865 bits per heavy atom. The summed E-state index contributed by atoms with van der Waals surface area (Å²) in [7, 11) is 0. The first kappa shape index (κ1) is 75.6. The Balaban J connectivity index is 0.000000204. The van der Waals surface area contributed by atoms with Crippen molar-refractivity contribution in [1.29, 1.82) is 0 Å². The van der Waals surface area contributed by atoms with Crippen molar-refractivity contribution in [3.63, 3.8) is 0 Å². The second-order valence-electron chi connectivity index (χ2n) is 26.1. The van der Waals surface area contributed by atoms with Crippen LogP contribution in [-0.2, 0) is 34.1 Å². The molecule has 0 radical (unpaired) electrons. The number of aliphatic imine (C=N–C) groups is 1. The molecule has 2 N–H and O–H groups in total. The standard InChI is InChI=1S/C23H28FNO4.C21H21FO3.C18H18FNO.C17H25NO3/c1-16(25-22(27)29-23(2,3)4)9-14-21(26)17-10-12-19(13-11-17)28-15-18-7-5-6-8-20(18)24;22-19-6-2-1-4-17(19)14-25-18-11-8-16(9-12-18)21(24)13-10-15-5-3-7-20(15)23;1-13-6-11-18(20-13)14-7-9-16(10-8-14)21-12-15-4-2-3-5-17(15)19;1-12-6-9-14(10-7-12)15(19)11-8-13(2)18-16(20)21-17(3,4)5/h5-8,10-13,16H,9,14-15H2,1-4H3,(H,25,27);1-2,4,6,8-9,11-12,15H,3,5,7,10,13-14H2;2-5,7-10,13H,6,11-12H2,1H3;6-7,9-10,13H,8,11H2,1-5H3,(H,18,20)/t16-;15-;2*13-/m1011/s1. The Morgan fingerprint density at radius 1 is 0.500 bits per heavy atom. The smallest absolute Gasteiger partial charge is 0.407 e. The lowest BCUT2D eigenvalue weighted by Gasteiger charge is -2.21. The van der Waals surface area contributed by atoms with Gasteiger partial charge in [-0.05, 0) is 211 Å². The van der Waals surface area contributed by atoms with Crippen molar-refractivity contribution >= 4 is 41.0 Å². The average Bonchev–Trinajstić information content (AvgIpc) is 2.34. The normalized spacial score (nSPS) is 14.7. The summed E-state index contributed by atoms with van der Waals surface area (Å²) in [6, 6.07) is 48.7. The van der Waals surface area contributed by atoms with Gasteiger partial charge in [-0.2, -0.15) is 0 Å². The number of benzene rings is 7. The van der Waals surface area contributed by atoms with Crippen LogP contribution in [0.1, 0.15) is 192 Å². The van der Waals surface area contributed by atoms with Crippen molar-refractivity contribution in [3.8, 4) is 17.2 Å². The summed E-state index contributed by atoms with van der Waals surface area (Å²) in [6.45, 7) is 19.2. The molecule has 0 saturated heterocycles. The van der Waals surface area contributed by atoms with Gasteiger partial charge in [-0.3, -0.25) is 24.2 Å². The zero-order chi connectivity index (χ0) is 69.8. The van der Waals surface area contributed by atoms with Crippen molar-refractivity contribution in [2.75, 3.05) is 0 Å². The van der Waals surface area contributed by atoms with Crippen LogP contribution >= 0.6 is 0 Å². The van der Waals surface area contributed by atoms with Crippen LogP contribution in [-0.4, -0.2) is 70.4 Å². The van der Waals surface area contributed by atoms with E-state index in [1.807, 2.05) is 96.1 Å². The van der Waals surface area contributed by atoms with Gasteiger partial charge in [0.1, 0.15) is 71.5 Å². The lowest BCUT2D eigenvalue weighted by molar-refractivity contribution is -0.120. The number of nitrogens with zero attached hydrogens (tertiary/aromatic N) is 1. The SMILES string of the molecule is C[C@@H]1CCC(c2ccc(OCc3ccccc3F)cc2)=N1.C[C@H](CCC(=O)c1ccc(OCc2ccccc2F)cc1)NC(=O)OC(C)(C)C.Cc1ccc(C(=O)CC[C@@H](C)NC(=O)OC(C)(C)C)cc1.O=C(CC[C@@H]1CCCC1=O)c1ccc(OCc2ccccc2F)cc1. The molecule has 1 saturated carbocycles. The van der Waals surface area contributed by atoms with Gasteiger partial charge in [-0.15, -0.1) is 0 Å². The second kappa shape index (κ2) is 37.6. The summed E-state index contributed by atoms with van der Waals surface area (Å²) in [4.78, 5) is 76.2. The molecule has 0 unspecified atom stereocenters. The van der Waals surface area contributed by atoms with E-state index >= 15 is 0 Å². The zero-order valence-electron chi connectivity index (χ0n) is 56.9. The molecule has 96 heavy (non-hydrogen) atoms. The highest BCUT2D eigenvalue weighted by Crippen LogP contribution is 2.28. The molecular weight excluding hydrogens is 1220 g/mol. The number of alkyl carbamates (subject to hydrolysis) is 2. The number of hydrogen-bond donors (Lipinski definition) is 2. The van der Waals surface area contributed by atoms with Gasteiger partial charge in [0.05, 0.1) is 0 Å². The number of halogens is 3. The van der Waals surface area contributed by atoms with Crippen molar-refractivity contribution in [2.45, 2.75) is 189 Å². The molecule has 0 spiro atoms. The van der Waals surface area contributed by atoms with E-state index in [2.05, 4.69) is 22.5 Å². The van der Waals surface area contributed by atoms with E-state index in [4.69, 9.17) is 23.7 Å². The Hall–Kier alpha value is -9.38. The molecule has 1 fully saturated rings.